The van der Waals surface area contributed by atoms with E-state index in [2.05, 4.69) is 31.2 Å². The van der Waals surface area contributed by atoms with Gasteiger partial charge in [0, 0.05) is 23.1 Å². The van der Waals surface area contributed by atoms with E-state index in [0.717, 1.165) is 12.1 Å². The Bertz CT molecular complexity index is 2480. The van der Waals surface area contributed by atoms with E-state index in [1.54, 1.807) is 19.1 Å². The SMILES string of the molecule is C=S(=O)(NC(=O)c1cc(-c2cc3[nH]ncc3nc2[C@H](Cc2cc(F)cc(F)c2)NC(=O)Cn2nc(C(F)F)c3c2C(F)(F)C2C[C@H]32)ccc1Cl)C1(C)CC1. The van der Waals surface area contributed by atoms with Crippen molar-refractivity contribution >= 4 is 50.0 Å². The van der Waals surface area contributed by atoms with Gasteiger partial charge in [-0.1, -0.05) is 17.7 Å². The van der Waals surface area contributed by atoms with Gasteiger partial charge in [0.25, 0.3) is 18.3 Å². The number of carbonyl (C=O) groups excluding carboxylic acids is 2. The van der Waals surface area contributed by atoms with Crippen molar-refractivity contribution in [3.8, 4) is 11.1 Å². The van der Waals surface area contributed by atoms with Crippen molar-refractivity contribution in [2.24, 2.45) is 5.92 Å². The van der Waals surface area contributed by atoms with Crippen molar-refractivity contribution in [3.63, 3.8) is 0 Å². The lowest BCUT2D eigenvalue weighted by atomic mass is 9.94. The molecule has 54 heavy (non-hydrogen) atoms. The first-order valence-corrected chi connectivity index (χ1v) is 18.9. The van der Waals surface area contributed by atoms with E-state index in [-0.39, 0.29) is 45.8 Å². The number of carbonyl (C=O) groups is 2. The molecule has 0 bridgehead atoms. The third-order valence-corrected chi connectivity index (χ3v) is 13.3. The molecule has 3 heterocycles. The summed E-state index contributed by atoms with van der Waals surface area (Å²) in [5.41, 5.74) is -0.291. The first kappa shape index (κ1) is 36.1. The summed E-state index contributed by atoms with van der Waals surface area (Å²) in [6, 6.07) is 7.52. The molecule has 3 N–H and O–H groups in total. The van der Waals surface area contributed by atoms with Crippen molar-refractivity contribution < 1.29 is 40.1 Å². The fourth-order valence-electron chi connectivity index (χ4n) is 7.22. The van der Waals surface area contributed by atoms with Gasteiger partial charge < -0.3 is 5.32 Å². The second kappa shape index (κ2) is 12.6. The maximum absolute atomic E-state index is 15.3. The summed E-state index contributed by atoms with van der Waals surface area (Å²) in [4.78, 5) is 31.9. The second-order valence-electron chi connectivity index (χ2n) is 14.3. The summed E-state index contributed by atoms with van der Waals surface area (Å²) < 4.78 is 103. The van der Waals surface area contributed by atoms with Crippen molar-refractivity contribution in [3.05, 3.63) is 99.1 Å². The van der Waals surface area contributed by atoms with E-state index in [1.807, 2.05) is 0 Å². The average Bonchev–Trinajstić information content (AvgIpc) is 3.94. The topological polar surface area (TPSA) is 135 Å². The predicted octanol–water partition coefficient (Wildman–Crippen LogP) is 6.91. The first-order chi connectivity index (χ1) is 25.5. The molecule has 2 fully saturated rings. The van der Waals surface area contributed by atoms with Gasteiger partial charge in [0.2, 0.25) is 5.91 Å². The van der Waals surface area contributed by atoms with Crippen molar-refractivity contribution in [2.45, 2.75) is 68.2 Å². The van der Waals surface area contributed by atoms with Gasteiger partial charge in [-0.15, -0.1) is 0 Å². The highest BCUT2D eigenvalue weighted by molar-refractivity contribution is 8.00. The molecule has 18 heteroatoms. The number of hydrogen-bond acceptors (Lipinski definition) is 6. The van der Waals surface area contributed by atoms with E-state index in [9.17, 15) is 31.4 Å². The number of benzene rings is 2. The molecule has 282 valence electrons. The number of pyridine rings is 1. The molecule has 5 aromatic rings. The van der Waals surface area contributed by atoms with E-state index in [1.165, 1.54) is 18.3 Å². The Morgan fingerprint density at radius 1 is 1.11 bits per heavy atom. The molecule has 0 saturated heterocycles. The van der Waals surface area contributed by atoms with Gasteiger partial charge in [-0.25, -0.2) is 26.8 Å². The van der Waals surface area contributed by atoms with E-state index < -0.39 is 86.1 Å². The lowest BCUT2D eigenvalue weighted by Gasteiger charge is -2.23. The molecular weight excluding hydrogens is 760 g/mol. The molecule has 0 aliphatic heterocycles. The van der Waals surface area contributed by atoms with Crippen molar-refractivity contribution in [2.75, 3.05) is 0 Å². The van der Waals surface area contributed by atoms with Crippen LogP contribution in [0.2, 0.25) is 5.02 Å². The number of rotatable bonds is 11. The normalized spacial score (nSPS) is 20.6. The number of halogens is 7. The molecule has 0 spiro atoms. The van der Waals surface area contributed by atoms with E-state index in [4.69, 9.17) is 16.6 Å². The molecular formula is C36H30ClF6N7O3S. The summed E-state index contributed by atoms with van der Waals surface area (Å²) in [6.07, 6.45) is -0.774. The third kappa shape index (κ3) is 6.20. The standard InChI is InChI=1S/C36H30ClF6N7O3S/c1-35(5-6-35)54(2,53)49-34(52)22-10-17(3-4-24(22)37)20-13-25-27(14-44-47-25)46-30(20)26(9-16-7-18(38)11-19(39)8-16)45-28(51)15-50-32-29(31(48-50)33(40)41)21-12-23(21)36(32,42)43/h3-4,7-8,10-11,13-14,21,23,26,33H,2,5-6,9,12,15H2,1H3,(H,44,47)(H,45,51)(H,49,52,53)/t21-,23?,26-,54?/m0/s1. The van der Waals surface area contributed by atoms with E-state index in [0.29, 0.717) is 40.2 Å². The number of H-pyrrole nitrogens is 1. The fraction of sp³-hybridized carbons (Fsp3) is 0.333. The second-order valence-corrected chi connectivity index (χ2v) is 17.2. The third-order valence-electron chi connectivity index (χ3n) is 10.5. The Hall–Kier alpha value is -4.90. The number of nitrogens with zero attached hydrogens (tertiary/aromatic N) is 4. The summed E-state index contributed by atoms with van der Waals surface area (Å²) in [5, 5.41) is 13.3. The largest absolute Gasteiger partial charge is 0.346 e. The summed E-state index contributed by atoms with van der Waals surface area (Å²) in [6.45, 7) is 0.873. The van der Waals surface area contributed by atoms with E-state index >= 15 is 8.78 Å². The summed E-state index contributed by atoms with van der Waals surface area (Å²) >= 11 is 6.45. The number of amides is 2. The molecule has 8 rings (SSSR count). The highest BCUT2D eigenvalue weighted by Crippen LogP contribution is 2.68. The monoisotopic (exact) mass is 789 g/mol. The zero-order valence-corrected chi connectivity index (χ0v) is 29.8. The Balaban J connectivity index is 1.19. The minimum Gasteiger partial charge on any atom is -0.346 e. The molecule has 10 nitrogen and oxygen atoms in total. The first-order valence-electron chi connectivity index (χ1n) is 16.8. The highest BCUT2D eigenvalue weighted by Gasteiger charge is 2.67. The number of nitrogens with one attached hydrogen (secondary N) is 3. The molecule has 0 radical (unpaired) electrons. The zero-order valence-electron chi connectivity index (χ0n) is 28.2. The van der Waals surface area contributed by atoms with Crippen LogP contribution in [-0.2, 0) is 33.4 Å². The van der Waals surface area contributed by atoms with Crippen molar-refractivity contribution in [1.82, 2.24) is 35.0 Å². The minimum atomic E-state index is -3.48. The summed E-state index contributed by atoms with van der Waals surface area (Å²) in [5.74, 6) is -5.15. The van der Waals surface area contributed by atoms with Gasteiger partial charge in [-0.05, 0) is 85.9 Å². The van der Waals surface area contributed by atoms with Gasteiger partial charge in [-0.2, -0.15) is 19.0 Å². The smallest absolute Gasteiger partial charge is 0.293 e. The maximum atomic E-state index is 15.3. The van der Waals surface area contributed by atoms with Crippen LogP contribution in [0.15, 0.2) is 48.7 Å². The van der Waals surface area contributed by atoms with Gasteiger partial charge in [0.05, 0.1) is 48.5 Å². The van der Waals surface area contributed by atoms with Crippen LogP contribution in [0.4, 0.5) is 26.3 Å². The molecule has 2 amide bonds. The Morgan fingerprint density at radius 3 is 2.52 bits per heavy atom. The van der Waals surface area contributed by atoms with Gasteiger partial charge in [-0.3, -0.25) is 24.1 Å². The van der Waals surface area contributed by atoms with Crippen LogP contribution in [-0.4, -0.2) is 51.6 Å². The molecule has 2 unspecified atom stereocenters. The summed E-state index contributed by atoms with van der Waals surface area (Å²) in [7, 11) is -3.06. The average molecular weight is 790 g/mol. The van der Waals surface area contributed by atoms with Crippen LogP contribution in [0.5, 0.6) is 0 Å². The Labute approximate surface area is 308 Å². The maximum Gasteiger partial charge on any atom is 0.293 e. The fourth-order valence-corrected chi connectivity index (χ4v) is 8.85. The molecule has 3 aliphatic rings. The predicted molar refractivity (Wildman–Crippen MR) is 188 cm³/mol. The van der Waals surface area contributed by atoms with Gasteiger partial charge in [0.15, 0.2) is 0 Å². The van der Waals surface area contributed by atoms with Crippen LogP contribution < -0.4 is 10.0 Å². The van der Waals surface area contributed by atoms with Gasteiger partial charge >= 0.3 is 0 Å². The quantitative estimate of drug-likeness (QED) is 0.0984. The molecule has 3 aliphatic carbocycles. The number of alkyl halides is 4. The Kier molecular flexibility index (Phi) is 8.41. The molecule has 2 aromatic carbocycles. The minimum absolute atomic E-state index is 0.0222. The molecule has 3 aromatic heterocycles. The highest BCUT2D eigenvalue weighted by atomic mass is 35.5. The molecule has 2 saturated carbocycles. The van der Waals surface area contributed by atoms with Crippen LogP contribution in [0.3, 0.4) is 0 Å². The van der Waals surface area contributed by atoms with Crippen LogP contribution in [0.1, 0.15) is 83.1 Å². The van der Waals surface area contributed by atoms with Crippen molar-refractivity contribution in [1.29, 1.82) is 0 Å². The van der Waals surface area contributed by atoms with Gasteiger partial charge in [0.1, 0.15) is 35.1 Å². The zero-order chi connectivity index (χ0) is 38.5. The lowest BCUT2D eigenvalue weighted by Crippen LogP contribution is -2.38. The van der Waals surface area contributed by atoms with Crippen LogP contribution >= 0.6 is 11.6 Å². The van der Waals surface area contributed by atoms with Crippen LogP contribution in [0.25, 0.3) is 22.2 Å². The number of hydrogen-bond donors (Lipinski definition) is 3. The number of fused-ring (bicyclic) bond motifs is 4. The lowest BCUT2D eigenvalue weighted by molar-refractivity contribution is -0.123. The Morgan fingerprint density at radius 2 is 1.83 bits per heavy atom. The number of aromatic nitrogens is 5. The van der Waals surface area contributed by atoms with Crippen LogP contribution in [0, 0.1) is 17.6 Å². The molecule has 4 atom stereocenters. The number of aromatic amines is 1.